The average molecular weight is 439 g/mol. The van der Waals surface area contributed by atoms with Crippen LogP contribution in [0.25, 0.3) is 0 Å². The monoisotopic (exact) mass is 438 g/mol. The van der Waals surface area contributed by atoms with Gasteiger partial charge in [-0.25, -0.2) is 4.79 Å². The summed E-state index contributed by atoms with van der Waals surface area (Å²) in [6, 6.07) is 11.7. The van der Waals surface area contributed by atoms with Crippen molar-refractivity contribution < 1.29 is 14.3 Å². The lowest BCUT2D eigenvalue weighted by Gasteiger charge is -2.40. The molecule has 2 amide bonds. The Labute approximate surface area is 188 Å². The maximum atomic E-state index is 12.5. The van der Waals surface area contributed by atoms with E-state index < -0.39 is 11.1 Å². The molecule has 0 unspecified atom stereocenters. The molecule has 0 saturated carbocycles. The number of amides is 2. The molecule has 1 saturated heterocycles. The standard InChI is InChI=1S/C23H30N6O3/c1-22(2,3)32-21(31)28-14-11-23(10-13-24,12-15-28)29-16-18(20(30)25-4)19(27-29)26-17-8-6-5-7-9-17/h5-9,16H,10-12,14-15H2,1-4H3,(H,25,30)(H,26,27). The van der Waals surface area contributed by atoms with Crippen molar-refractivity contribution in [2.75, 3.05) is 25.5 Å². The Bertz CT molecular complexity index is 995. The van der Waals surface area contributed by atoms with Crippen molar-refractivity contribution in [1.82, 2.24) is 20.0 Å². The van der Waals surface area contributed by atoms with Gasteiger partial charge in [0, 0.05) is 32.0 Å². The molecular weight excluding hydrogens is 408 g/mol. The molecule has 2 heterocycles. The summed E-state index contributed by atoms with van der Waals surface area (Å²) in [4.78, 5) is 26.6. The Kier molecular flexibility index (Phi) is 6.72. The van der Waals surface area contributed by atoms with E-state index in [0.29, 0.717) is 37.3 Å². The number of para-hydroxylation sites is 1. The predicted octanol–water partition coefficient (Wildman–Crippen LogP) is 3.63. The number of likely N-dealkylation sites (tertiary alicyclic amines) is 1. The summed E-state index contributed by atoms with van der Waals surface area (Å²) in [7, 11) is 1.57. The minimum Gasteiger partial charge on any atom is -0.444 e. The number of piperidine rings is 1. The van der Waals surface area contributed by atoms with Gasteiger partial charge in [0.1, 0.15) is 11.2 Å². The van der Waals surface area contributed by atoms with Crippen molar-refractivity contribution in [1.29, 1.82) is 5.26 Å². The summed E-state index contributed by atoms with van der Waals surface area (Å²) in [5, 5.41) is 20.1. The van der Waals surface area contributed by atoms with Gasteiger partial charge >= 0.3 is 6.09 Å². The van der Waals surface area contributed by atoms with Crippen LogP contribution in [0.5, 0.6) is 0 Å². The molecule has 1 aromatic carbocycles. The second-order valence-electron chi connectivity index (χ2n) is 8.93. The summed E-state index contributed by atoms with van der Waals surface area (Å²) in [6.07, 6.45) is 2.60. The molecule has 2 aromatic rings. The molecule has 9 nitrogen and oxygen atoms in total. The highest BCUT2D eigenvalue weighted by Gasteiger charge is 2.40. The smallest absolute Gasteiger partial charge is 0.410 e. The highest BCUT2D eigenvalue weighted by Crippen LogP contribution is 2.35. The van der Waals surface area contributed by atoms with Crippen LogP contribution < -0.4 is 10.6 Å². The lowest BCUT2D eigenvalue weighted by Crippen LogP contribution is -2.49. The number of nitriles is 1. The highest BCUT2D eigenvalue weighted by atomic mass is 16.6. The van der Waals surface area contributed by atoms with E-state index in [0.717, 1.165) is 5.69 Å². The maximum Gasteiger partial charge on any atom is 0.410 e. The Morgan fingerprint density at radius 3 is 2.44 bits per heavy atom. The molecule has 1 aliphatic rings. The van der Waals surface area contributed by atoms with E-state index >= 15 is 0 Å². The van der Waals surface area contributed by atoms with Crippen molar-refractivity contribution in [3.63, 3.8) is 0 Å². The molecule has 0 spiro atoms. The lowest BCUT2D eigenvalue weighted by atomic mass is 9.85. The maximum absolute atomic E-state index is 12.5. The van der Waals surface area contributed by atoms with Crippen molar-refractivity contribution in [2.45, 2.75) is 51.2 Å². The van der Waals surface area contributed by atoms with Gasteiger partial charge < -0.3 is 20.3 Å². The fourth-order valence-corrected chi connectivity index (χ4v) is 3.73. The number of hydrogen-bond acceptors (Lipinski definition) is 6. The van der Waals surface area contributed by atoms with Gasteiger partial charge in [-0.05, 0) is 45.7 Å². The minimum absolute atomic E-state index is 0.217. The van der Waals surface area contributed by atoms with Crippen LogP contribution in [0.2, 0.25) is 0 Å². The van der Waals surface area contributed by atoms with Crippen LogP contribution in [0.1, 0.15) is 50.4 Å². The van der Waals surface area contributed by atoms with Gasteiger partial charge in [0.05, 0.1) is 18.0 Å². The molecule has 0 atom stereocenters. The van der Waals surface area contributed by atoms with E-state index in [1.165, 1.54) is 0 Å². The van der Waals surface area contributed by atoms with E-state index in [4.69, 9.17) is 4.74 Å². The van der Waals surface area contributed by atoms with Gasteiger partial charge in [-0.3, -0.25) is 9.48 Å². The van der Waals surface area contributed by atoms with Gasteiger partial charge in [0.25, 0.3) is 5.91 Å². The normalized spacial score (nSPS) is 15.5. The SMILES string of the molecule is CNC(=O)c1cn(C2(CC#N)CCN(C(=O)OC(C)(C)C)CC2)nc1Nc1ccccc1. The number of rotatable bonds is 5. The van der Waals surface area contributed by atoms with Gasteiger partial charge in [-0.2, -0.15) is 10.4 Å². The molecule has 32 heavy (non-hydrogen) atoms. The molecule has 170 valence electrons. The number of anilines is 2. The number of carbonyl (C=O) groups is 2. The Hall–Kier alpha value is -3.54. The summed E-state index contributed by atoms with van der Waals surface area (Å²) >= 11 is 0. The molecule has 1 fully saturated rings. The van der Waals surface area contributed by atoms with Gasteiger partial charge in [0.15, 0.2) is 5.82 Å². The number of hydrogen-bond donors (Lipinski definition) is 2. The summed E-state index contributed by atoms with van der Waals surface area (Å²) in [6.45, 7) is 6.38. The molecular formula is C23H30N6O3. The van der Waals surface area contributed by atoms with Crippen LogP contribution in [0.15, 0.2) is 36.5 Å². The second-order valence-corrected chi connectivity index (χ2v) is 8.93. The molecule has 0 aliphatic carbocycles. The third-order valence-corrected chi connectivity index (χ3v) is 5.46. The number of nitrogens with one attached hydrogen (secondary N) is 2. The summed E-state index contributed by atoms with van der Waals surface area (Å²) < 4.78 is 7.20. The Morgan fingerprint density at radius 2 is 1.88 bits per heavy atom. The van der Waals surface area contributed by atoms with Crippen molar-refractivity contribution in [3.8, 4) is 6.07 Å². The fraction of sp³-hybridized carbons (Fsp3) is 0.478. The largest absolute Gasteiger partial charge is 0.444 e. The first-order chi connectivity index (χ1) is 15.2. The van der Waals surface area contributed by atoms with Crippen LogP contribution >= 0.6 is 0 Å². The number of ether oxygens (including phenoxy) is 1. The van der Waals surface area contributed by atoms with Crippen LogP contribution in [-0.2, 0) is 10.3 Å². The van der Waals surface area contributed by atoms with Gasteiger partial charge in [-0.1, -0.05) is 18.2 Å². The first-order valence-corrected chi connectivity index (χ1v) is 10.7. The minimum atomic E-state index is -0.618. The van der Waals surface area contributed by atoms with E-state index in [9.17, 15) is 14.9 Å². The molecule has 1 aromatic heterocycles. The average Bonchev–Trinajstić information content (AvgIpc) is 3.18. The first kappa shape index (κ1) is 23.1. The van der Waals surface area contributed by atoms with Gasteiger partial charge in [0.2, 0.25) is 0 Å². The zero-order valence-corrected chi connectivity index (χ0v) is 19.0. The third-order valence-electron chi connectivity index (χ3n) is 5.46. The van der Waals surface area contributed by atoms with Crippen molar-refractivity contribution in [2.24, 2.45) is 0 Å². The van der Waals surface area contributed by atoms with Crippen LogP contribution in [-0.4, -0.2) is 52.4 Å². The van der Waals surface area contributed by atoms with Gasteiger partial charge in [-0.15, -0.1) is 0 Å². The highest BCUT2D eigenvalue weighted by molar-refractivity contribution is 5.99. The Morgan fingerprint density at radius 1 is 1.22 bits per heavy atom. The van der Waals surface area contributed by atoms with E-state index in [-0.39, 0.29) is 18.4 Å². The zero-order valence-electron chi connectivity index (χ0n) is 19.0. The molecule has 0 bridgehead atoms. The number of benzene rings is 1. The molecule has 0 radical (unpaired) electrons. The van der Waals surface area contributed by atoms with Crippen molar-refractivity contribution >= 4 is 23.5 Å². The second kappa shape index (κ2) is 9.30. The topological polar surface area (TPSA) is 112 Å². The fourth-order valence-electron chi connectivity index (χ4n) is 3.73. The quantitative estimate of drug-likeness (QED) is 0.737. The molecule has 3 rings (SSSR count). The van der Waals surface area contributed by atoms with Crippen LogP contribution in [0.3, 0.4) is 0 Å². The summed E-state index contributed by atoms with van der Waals surface area (Å²) in [5.41, 5.74) is 0.00748. The van der Waals surface area contributed by atoms with Crippen LogP contribution in [0, 0.1) is 11.3 Å². The number of carbonyl (C=O) groups excluding carboxylic acids is 2. The summed E-state index contributed by atoms with van der Waals surface area (Å²) in [5.74, 6) is 0.149. The third kappa shape index (κ3) is 5.19. The van der Waals surface area contributed by atoms with Crippen LogP contribution in [0.4, 0.5) is 16.3 Å². The molecule has 1 aliphatic heterocycles. The Balaban J connectivity index is 1.87. The zero-order chi connectivity index (χ0) is 23.4. The predicted molar refractivity (Wildman–Crippen MR) is 121 cm³/mol. The van der Waals surface area contributed by atoms with Crippen molar-refractivity contribution in [3.05, 3.63) is 42.1 Å². The number of nitrogens with zero attached hydrogens (tertiary/aromatic N) is 4. The van der Waals surface area contributed by atoms with E-state index in [1.807, 2.05) is 51.1 Å². The molecule has 2 N–H and O–H groups in total. The first-order valence-electron chi connectivity index (χ1n) is 10.7. The van der Waals surface area contributed by atoms with E-state index in [1.54, 1.807) is 22.8 Å². The number of aromatic nitrogens is 2. The molecule has 9 heteroatoms. The van der Waals surface area contributed by atoms with E-state index in [2.05, 4.69) is 21.8 Å². The lowest BCUT2D eigenvalue weighted by molar-refractivity contribution is 0.0105.